The van der Waals surface area contributed by atoms with E-state index in [0.717, 1.165) is 19.0 Å². The van der Waals surface area contributed by atoms with Crippen molar-refractivity contribution in [1.29, 1.82) is 0 Å². The Balaban J connectivity index is 0.00000338. The summed E-state index contributed by atoms with van der Waals surface area (Å²) in [5.74, 6) is 0.298. The van der Waals surface area contributed by atoms with Crippen LogP contribution in [-0.4, -0.2) is 38.2 Å². The number of nitrogens with zero attached hydrogens (tertiary/aromatic N) is 1. The van der Waals surface area contributed by atoms with Crippen LogP contribution in [0.4, 0.5) is 16.2 Å². The van der Waals surface area contributed by atoms with Gasteiger partial charge in [0, 0.05) is 24.5 Å². The summed E-state index contributed by atoms with van der Waals surface area (Å²) in [6, 6.07) is 6.73. The zero-order chi connectivity index (χ0) is 18.4. The van der Waals surface area contributed by atoms with Crippen molar-refractivity contribution in [1.82, 2.24) is 5.32 Å². The van der Waals surface area contributed by atoms with Crippen molar-refractivity contribution in [3.05, 3.63) is 24.3 Å². The smallest absolute Gasteiger partial charge is 0.328 e. The summed E-state index contributed by atoms with van der Waals surface area (Å²) >= 11 is 0. The Kier molecular flexibility index (Phi) is 8.72. The van der Waals surface area contributed by atoms with Gasteiger partial charge in [0.15, 0.2) is 0 Å². The monoisotopic (exact) mass is 383 g/mol. The Morgan fingerprint density at radius 1 is 1.15 bits per heavy atom. The van der Waals surface area contributed by atoms with E-state index in [1.807, 2.05) is 38.1 Å². The molecule has 0 aliphatic carbocycles. The Labute approximate surface area is 162 Å². The fourth-order valence-corrected chi connectivity index (χ4v) is 2.96. The molecule has 1 aromatic carbocycles. The van der Waals surface area contributed by atoms with E-state index in [2.05, 4.69) is 22.5 Å². The van der Waals surface area contributed by atoms with Gasteiger partial charge in [-0.1, -0.05) is 20.8 Å². The van der Waals surface area contributed by atoms with E-state index in [-0.39, 0.29) is 18.3 Å². The van der Waals surface area contributed by atoms with Crippen LogP contribution >= 0.6 is 12.4 Å². The van der Waals surface area contributed by atoms with E-state index in [4.69, 9.17) is 4.74 Å². The lowest BCUT2D eigenvalue weighted by molar-refractivity contribution is -0.143. The van der Waals surface area contributed by atoms with Gasteiger partial charge in [-0.2, -0.15) is 0 Å². The van der Waals surface area contributed by atoms with Crippen molar-refractivity contribution in [3.8, 4) is 0 Å². The molecule has 1 heterocycles. The third-order valence-electron chi connectivity index (χ3n) is 4.68. The van der Waals surface area contributed by atoms with Crippen LogP contribution in [0.5, 0.6) is 0 Å². The summed E-state index contributed by atoms with van der Waals surface area (Å²) in [6.45, 7) is 8.15. The number of anilines is 2. The minimum absolute atomic E-state index is 0. The van der Waals surface area contributed by atoms with Gasteiger partial charge in [-0.25, -0.2) is 9.59 Å². The number of esters is 1. The summed E-state index contributed by atoms with van der Waals surface area (Å²) in [6.07, 6.45) is 2.43. The van der Waals surface area contributed by atoms with Gasteiger partial charge in [0.05, 0.1) is 7.11 Å². The highest BCUT2D eigenvalue weighted by molar-refractivity contribution is 5.92. The quantitative estimate of drug-likeness (QED) is 0.761. The predicted molar refractivity (Wildman–Crippen MR) is 107 cm³/mol. The van der Waals surface area contributed by atoms with Gasteiger partial charge in [0.1, 0.15) is 6.04 Å². The van der Waals surface area contributed by atoms with Gasteiger partial charge in [0.2, 0.25) is 0 Å². The van der Waals surface area contributed by atoms with E-state index in [1.165, 1.54) is 25.6 Å². The molecule has 0 saturated carbocycles. The van der Waals surface area contributed by atoms with E-state index in [0.29, 0.717) is 5.69 Å². The van der Waals surface area contributed by atoms with Gasteiger partial charge in [-0.3, -0.25) is 0 Å². The zero-order valence-corrected chi connectivity index (χ0v) is 16.8. The molecule has 1 atom stereocenters. The fraction of sp³-hybridized carbons (Fsp3) is 0.579. The molecular weight excluding hydrogens is 354 g/mol. The van der Waals surface area contributed by atoms with Crippen LogP contribution in [0, 0.1) is 11.8 Å². The van der Waals surface area contributed by atoms with Gasteiger partial charge < -0.3 is 20.3 Å². The highest BCUT2D eigenvalue weighted by Gasteiger charge is 2.24. The summed E-state index contributed by atoms with van der Waals surface area (Å²) < 4.78 is 4.73. The number of amides is 2. The van der Waals surface area contributed by atoms with Crippen LogP contribution < -0.4 is 15.5 Å². The van der Waals surface area contributed by atoms with Crippen LogP contribution in [0.25, 0.3) is 0 Å². The third kappa shape index (κ3) is 6.09. The maximum absolute atomic E-state index is 12.1. The molecule has 2 amide bonds. The van der Waals surface area contributed by atoms with Crippen molar-refractivity contribution in [2.45, 2.75) is 39.7 Å². The van der Waals surface area contributed by atoms with E-state index >= 15 is 0 Å². The molecule has 0 radical (unpaired) electrons. The van der Waals surface area contributed by atoms with Gasteiger partial charge >= 0.3 is 12.0 Å². The molecule has 1 aliphatic rings. The minimum Gasteiger partial charge on any atom is -0.467 e. The van der Waals surface area contributed by atoms with E-state index in [1.54, 1.807) is 0 Å². The number of benzene rings is 1. The standard InChI is InChI=1S/C19H29N3O3.ClH/c1-13(2)17(18(23)25-4)21-19(24)20-15-5-7-16(8-6-15)22-11-9-14(3)10-12-22;/h5-8,13-14,17H,9-12H2,1-4H3,(H2,20,21,24);1H. The molecule has 0 bridgehead atoms. The molecule has 6 nitrogen and oxygen atoms in total. The molecule has 2 rings (SSSR count). The van der Waals surface area contributed by atoms with E-state index in [9.17, 15) is 9.59 Å². The average Bonchev–Trinajstić information content (AvgIpc) is 2.60. The summed E-state index contributed by atoms with van der Waals surface area (Å²) in [7, 11) is 1.32. The van der Waals surface area contributed by atoms with Crippen molar-refractivity contribution in [2.24, 2.45) is 11.8 Å². The van der Waals surface area contributed by atoms with E-state index < -0.39 is 18.0 Å². The second-order valence-corrected chi connectivity index (χ2v) is 7.06. The van der Waals surface area contributed by atoms with Crippen molar-refractivity contribution >= 4 is 35.8 Å². The lowest BCUT2D eigenvalue weighted by Crippen LogP contribution is -2.46. The number of carbonyl (C=O) groups is 2. The fourth-order valence-electron chi connectivity index (χ4n) is 2.96. The van der Waals surface area contributed by atoms with Crippen LogP contribution in [0.3, 0.4) is 0 Å². The normalized spacial score (nSPS) is 15.8. The number of ether oxygens (including phenoxy) is 1. The first-order chi connectivity index (χ1) is 11.9. The molecule has 0 aromatic heterocycles. The van der Waals surface area contributed by atoms with Crippen LogP contribution in [0.1, 0.15) is 33.6 Å². The second kappa shape index (κ2) is 10.3. The van der Waals surface area contributed by atoms with Crippen molar-refractivity contribution in [3.63, 3.8) is 0 Å². The zero-order valence-electron chi connectivity index (χ0n) is 16.0. The molecule has 26 heavy (non-hydrogen) atoms. The van der Waals surface area contributed by atoms with Crippen LogP contribution in [-0.2, 0) is 9.53 Å². The molecule has 1 aromatic rings. The number of piperidine rings is 1. The third-order valence-corrected chi connectivity index (χ3v) is 4.68. The molecule has 1 saturated heterocycles. The first kappa shape index (κ1) is 22.1. The lowest BCUT2D eigenvalue weighted by Gasteiger charge is -2.32. The second-order valence-electron chi connectivity index (χ2n) is 7.06. The maximum atomic E-state index is 12.1. The predicted octanol–water partition coefficient (Wildman–Crippen LogP) is 3.66. The number of carbonyl (C=O) groups excluding carboxylic acids is 2. The summed E-state index contributed by atoms with van der Waals surface area (Å²) in [5, 5.41) is 5.43. The van der Waals surface area contributed by atoms with Gasteiger partial charge in [0.25, 0.3) is 0 Å². The lowest BCUT2D eigenvalue weighted by atomic mass is 9.99. The topological polar surface area (TPSA) is 70.7 Å². The Morgan fingerprint density at radius 2 is 1.73 bits per heavy atom. The Bertz CT molecular complexity index is 584. The number of hydrogen-bond acceptors (Lipinski definition) is 4. The molecular formula is C19H30ClN3O3. The maximum Gasteiger partial charge on any atom is 0.328 e. The van der Waals surface area contributed by atoms with Gasteiger partial charge in [-0.05, 0) is 48.9 Å². The number of nitrogens with one attached hydrogen (secondary N) is 2. The van der Waals surface area contributed by atoms with Gasteiger partial charge in [-0.15, -0.1) is 12.4 Å². The molecule has 1 unspecified atom stereocenters. The summed E-state index contributed by atoms with van der Waals surface area (Å²) in [5.41, 5.74) is 1.87. The van der Waals surface area contributed by atoms with Crippen LogP contribution in [0.15, 0.2) is 24.3 Å². The number of urea groups is 1. The highest BCUT2D eigenvalue weighted by atomic mass is 35.5. The SMILES string of the molecule is COC(=O)C(NC(=O)Nc1ccc(N2CCC(C)CC2)cc1)C(C)C.Cl. The first-order valence-electron chi connectivity index (χ1n) is 8.91. The average molecular weight is 384 g/mol. The number of hydrogen-bond donors (Lipinski definition) is 2. The number of methoxy groups -OCH3 is 1. The molecule has 1 fully saturated rings. The van der Waals surface area contributed by atoms with Crippen LogP contribution in [0.2, 0.25) is 0 Å². The number of rotatable bonds is 5. The Hall–Kier alpha value is -1.95. The first-order valence-corrected chi connectivity index (χ1v) is 8.91. The summed E-state index contributed by atoms with van der Waals surface area (Å²) in [4.78, 5) is 26.2. The number of halogens is 1. The Morgan fingerprint density at radius 3 is 2.23 bits per heavy atom. The molecule has 146 valence electrons. The van der Waals surface area contributed by atoms with Crippen molar-refractivity contribution in [2.75, 3.05) is 30.4 Å². The molecule has 0 spiro atoms. The van der Waals surface area contributed by atoms with Crippen molar-refractivity contribution < 1.29 is 14.3 Å². The molecule has 1 aliphatic heterocycles. The largest absolute Gasteiger partial charge is 0.467 e. The minimum atomic E-state index is -0.667. The molecule has 7 heteroatoms. The molecule has 2 N–H and O–H groups in total. The highest BCUT2D eigenvalue weighted by Crippen LogP contribution is 2.24.